The van der Waals surface area contributed by atoms with Crippen molar-refractivity contribution in [2.24, 2.45) is 0 Å². The second kappa shape index (κ2) is 8.61. The van der Waals surface area contributed by atoms with Gasteiger partial charge in [0.2, 0.25) is 0 Å². The van der Waals surface area contributed by atoms with Crippen LogP contribution in [0.4, 0.5) is 11.4 Å². The van der Waals surface area contributed by atoms with Gasteiger partial charge in [-0.05, 0) is 84.4 Å². The number of aryl methyl sites for hydroxylation is 1. The molecule has 0 atom stereocenters. The molecule has 0 saturated carbocycles. The van der Waals surface area contributed by atoms with Crippen molar-refractivity contribution >= 4 is 39.1 Å². The fourth-order valence-corrected chi connectivity index (χ4v) is 3.35. The Labute approximate surface area is 187 Å². The van der Waals surface area contributed by atoms with Gasteiger partial charge in [0.1, 0.15) is 0 Å². The van der Waals surface area contributed by atoms with Crippen LogP contribution in [-0.4, -0.2) is 21.6 Å². The van der Waals surface area contributed by atoms with Crippen LogP contribution < -0.4 is 10.6 Å². The van der Waals surface area contributed by atoms with Crippen molar-refractivity contribution in [3.05, 3.63) is 94.1 Å². The number of nitrogens with zero attached hydrogens (tertiary/aromatic N) is 2. The summed E-state index contributed by atoms with van der Waals surface area (Å²) in [4.78, 5) is 24.8. The number of benzene rings is 2. The topological polar surface area (TPSA) is 89.2 Å². The highest BCUT2D eigenvalue weighted by molar-refractivity contribution is 9.10. The third kappa shape index (κ3) is 4.44. The van der Waals surface area contributed by atoms with Crippen LogP contribution in [-0.2, 0) is 0 Å². The predicted molar refractivity (Wildman–Crippen MR) is 122 cm³/mol. The number of furan rings is 1. The first-order chi connectivity index (χ1) is 14.9. The number of aromatic nitrogens is 2. The van der Waals surface area contributed by atoms with E-state index in [1.165, 1.54) is 6.26 Å². The number of anilines is 2. The first-order valence-electron chi connectivity index (χ1n) is 9.51. The second-order valence-electron chi connectivity index (χ2n) is 6.91. The molecule has 0 unspecified atom stereocenters. The van der Waals surface area contributed by atoms with Crippen LogP contribution in [0.5, 0.6) is 0 Å². The van der Waals surface area contributed by atoms with Crippen LogP contribution >= 0.6 is 15.9 Å². The third-order valence-corrected chi connectivity index (χ3v) is 5.85. The summed E-state index contributed by atoms with van der Waals surface area (Å²) in [7, 11) is 0. The van der Waals surface area contributed by atoms with E-state index in [4.69, 9.17) is 4.42 Å². The van der Waals surface area contributed by atoms with Crippen LogP contribution in [0, 0.1) is 13.8 Å². The van der Waals surface area contributed by atoms with Gasteiger partial charge in [0.25, 0.3) is 11.8 Å². The summed E-state index contributed by atoms with van der Waals surface area (Å²) in [6.45, 7) is 3.91. The molecule has 2 aromatic heterocycles. The van der Waals surface area contributed by atoms with E-state index in [-0.39, 0.29) is 17.6 Å². The Morgan fingerprint density at radius 2 is 1.61 bits per heavy atom. The quantitative estimate of drug-likeness (QED) is 0.404. The van der Waals surface area contributed by atoms with Crippen molar-refractivity contribution in [1.29, 1.82) is 0 Å². The molecule has 2 aromatic carbocycles. The van der Waals surface area contributed by atoms with E-state index in [1.807, 2.05) is 30.7 Å². The van der Waals surface area contributed by atoms with E-state index in [2.05, 4.69) is 31.7 Å². The molecule has 31 heavy (non-hydrogen) atoms. The van der Waals surface area contributed by atoms with Gasteiger partial charge in [-0.2, -0.15) is 5.10 Å². The summed E-state index contributed by atoms with van der Waals surface area (Å²) in [5.74, 6) is -0.403. The normalized spacial score (nSPS) is 10.7. The lowest BCUT2D eigenvalue weighted by Gasteiger charge is -2.09. The van der Waals surface area contributed by atoms with Gasteiger partial charge >= 0.3 is 0 Å². The lowest BCUT2D eigenvalue weighted by atomic mass is 10.2. The molecule has 4 aromatic rings. The first kappa shape index (κ1) is 20.6. The number of halogens is 1. The average Bonchev–Trinajstić information content (AvgIpc) is 3.39. The van der Waals surface area contributed by atoms with Crippen LogP contribution in [0.1, 0.15) is 32.3 Å². The minimum Gasteiger partial charge on any atom is -0.459 e. The largest absolute Gasteiger partial charge is 0.459 e. The maximum Gasteiger partial charge on any atom is 0.291 e. The molecule has 0 aliphatic heterocycles. The molecule has 2 N–H and O–H groups in total. The van der Waals surface area contributed by atoms with Crippen LogP contribution in [0.25, 0.3) is 5.69 Å². The Balaban J connectivity index is 1.46. The standard InChI is InChI=1S/C23H19BrN4O3/c1-14-21(24)15(2)28(27-14)19-10-8-16(9-11-19)22(29)25-17-5-3-6-18(13-17)26-23(30)20-7-4-12-31-20/h3-13H,1-2H3,(H,25,29)(H,26,30). The number of nitrogens with one attached hydrogen (secondary N) is 2. The van der Waals surface area contributed by atoms with E-state index < -0.39 is 0 Å². The van der Waals surface area contributed by atoms with Gasteiger partial charge in [0, 0.05) is 16.9 Å². The summed E-state index contributed by atoms with van der Waals surface area (Å²) in [6.07, 6.45) is 1.44. The molecular formula is C23H19BrN4O3. The third-order valence-electron chi connectivity index (χ3n) is 4.70. The summed E-state index contributed by atoms with van der Waals surface area (Å²) in [6, 6.07) is 17.3. The Kier molecular flexibility index (Phi) is 5.73. The molecule has 8 heteroatoms. The summed E-state index contributed by atoms with van der Waals surface area (Å²) in [5.41, 5.74) is 4.37. The highest BCUT2D eigenvalue weighted by Gasteiger charge is 2.13. The SMILES string of the molecule is Cc1nn(-c2ccc(C(=O)Nc3cccc(NC(=O)c4ccco4)c3)cc2)c(C)c1Br. The number of carbonyl (C=O) groups is 2. The molecule has 7 nitrogen and oxygen atoms in total. The van der Waals surface area contributed by atoms with Gasteiger partial charge < -0.3 is 15.1 Å². The monoisotopic (exact) mass is 478 g/mol. The molecule has 156 valence electrons. The fraction of sp³-hybridized carbons (Fsp3) is 0.0870. The molecule has 0 saturated heterocycles. The van der Waals surface area contributed by atoms with Crippen molar-refractivity contribution in [1.82, 2.24) is 9.78 Å². The van der Waals surface area contributed by atoms with Gasteiger partial charge in [-0.25, -0.2) is 4.68 Å². The molecule has 4 rings (SSSR count). The minimum absolute atomic E-state index is 0.212. The lowest BCUT2D eigenvalue weighted by molar-refractivity contribution is 0.0995. The Bertz CT molecular complexity index is 1240. The molecule has 2 amide bonds. The van der Waals surface area contributed by atoms with Gasteiger partial charge in [-0.1, -0.05) is 6.07 Å². The number of hydrogen-bond donors (Lipinski definition) is 2. The Morgan fingerprint density at radius 3 is 2.19 bits per heavy atom. The molecule has 0 fully saturated rings. The van der Waals surface area contributed by atoms with Crippen molar-refractivity contribution in [2.75, 3.05) is 10.6 Å². The molecule has 0 spiro atoms. The molecular weight excluding hydrogens is 460 g/mol. The van der Waals surface area contributed by atoms with Gasteiger partial charge in [0.05, 0.1) is 27.8 Å². The van der Waals surface area contributed by atoms with Crippen LogP contribution in [0.15, 0.2) is 75.8 Å². The molecule has 0 aliphatic rings. The smallest absolute Gasteiger partial charge is 0.291 e. The van der Waals surface area contributed by atoms with E-state index in [1.54, 1.807) is 48.5 Å². The van der Waals surface area contributed by atoms with Gasteiger partial charge in [-0.15, -0.1) is 0 Å². The van der Waals surface area contributed by atoms with Gasteiger partial charge in [-0.3, -0.25) is 9.59 Å². The minimum atomic E-state index is -0.361. The zero-order valence-corrected chi connectivity index (χ0v) is 18.4. The van der Waals surface area contributed by atoms with E-state index >= 15 is 0 Å². The van der Waals surface area contributed by atoms with Gasteiger partial charge in [0.15, 0.2) is 5.76 Å². The molecule has 0 bridgehead atoms. The number of carbonyl (C=O) groups excluding carboxylic acids is 2. The second-order valence-corrected chi connectivity index (χ2v) is 7.70. The van der Waals surface area contributed by atoms with Crippen molar-refractivity contribution in [2.45, 2.75) is 13.8 Å². The zero-order valence-electron chi connectivity index (χ0n) is 16.8. The Hall–Kier alpha value is -3.65. The van der Waals surface area contributed by atoms with Crippen molar-refractivity contribution < 1.29 is 14.0 Å². The highest BCUT2D eigenvalue weighted by atomic mass is 79.9. The number of hydrogen-bond acceptors (Lipinski definition) is 4. The lowest BCUT2D eigenvalue weighted by Crippen LogP contribution is -2.13. The fourth-order valence-electron chi connectivity index (χ4n) is 3.11. The van der Waals surface area contributed by atoms with Crippen molar-refractivity contribution in [3.63, 3.8) is 0 Å². The summed E-state index contributed by atoms with van der Waals surface area (Å²) >= 11 is 3.52. The van der Waals surface area contributed by atoms with E-state index in [9.17, 15) is 9.59 Å². The van der Waals surface area contributed by atoms with E-state index in [0.29, 0.717) is 16.9 Å². The van der Waals surface area contributed by atoms with E-state index in [0.717, 1.165) is 21.5 Å². The maximum absolute atomic E-state index is 12.7. The Morgan fingerprint density at radius 1 is 0.935 bits per heavy atom. The average molecular weight is 479 g/mol. The van der Waals surface area contributed by atoms with Crippen LogP contribution in [0.2, 0.25) is 0 Å². The summed E-state index contributed by atoms with van der Waals surface area (Å²) < 4.78 is 7.88. The predicted octanol–water partition coefficient (Wildman–Crippen LogP) is 5.35. The molecule has 0 radical (unpaired) electrons. The van der Waals surface area contributed by atoms with Crippen molar-refractivity contribution in [3.8, 4) is 5.69 Å². The summed E-state index contributed by atoms with van der Waals surface area (Å²) in [5, 5.41) is 10.1. The highest BCUT2D eigenvalue weighted by Crippen LogP contribution is 2.23. The molecule has 2 heterocycles. The molecule has 0 aliphatic carbocycles. The number of rotatable bonds is 5. The number of amides is 2. The van der Waals surface area contributed by atoms with Crippen LogP contribution in [0.3, 0.4) is 0 Å². The maximum atomic E-state index is 12.7. The zero-order chi connectivity index (χ0) is 22.0. The first-order valence-corrected chi connectivity index (χ1v) is 10.3.